The van der Waals surface area contributed by atoms with Crippen molar-refractivity contribution in [2.45, 2.75) is 6.37 Å². The van der Waals surface area contributed by atoms with Crippen LogP contribution in [0.5, 0.6) is 0 Å². The minimum atomic E-state index is -2.36. The molecule has 0 bridgehead atoms. The molecule has 1 aromatic rings. The largest absolute Gasteiger partial charge is 0.481 e. The van der Waals surface area contributed by atoms with Crippen LogP contribution in [0.15, 0.2) is 24.4 Å². The number of carboxylic acids is 1. The molecule has 3 heteroatoms. The molecule has 0 unspecified atom stereocenters. The Labute approximate surface area is 62.6 Å². The van der Waals surface area contributed by atoms with Gasteiger partial charge in [0.2, 0.25) is 0 Å². The number of aliphatic carboxylic acids is 1. The van der Waals surface area contributed by atoms with Gasteiger partial charge in [-0.2, -0.15) is 0 Å². The third-order valence-corrected chi connectivity index (χ3v) is 0.895. The second-order valence-corrected chi connectivity index (χ2v) is 1.63. The molecule has 10 heavy (non-hydrogen) atoms. The third kappa shape index (κ3) is 1.85. The Hall–Kier alpha value is -1.38. The molecule has 0 aliphatic rings. The highest BCUT2D eigenvalue weighted by Gasteiger charge is 1.98. The first-order chi connectivity index (χ1) is 6.09. The average molecular weight is 140 g/mol. The highest BCUT2D eigenvalue weighted by Crippen LogP contribution is 1.93. The Morgan fingerprint density at radius 3 is 3.40 bits per heavy atom. The first-order valence-electron chi connectivity index (χ1n) is 4.09. The van der Waals surface area contributed by atoms with E-state index >= 15 is 0 Å². The molecule has 0 atom stereocenters. The Morgan fingerprint density at radius 1 is 1.90 bits per heavy atom. The van der Waals surface area contributed by atoms with E-state index in [2.05, 4.69) is 10.1 Å². The molecule has 1 N–H and O–H groups in total. The molecule has 0 aliphatic carbocycles. The zero-order chi connectivity index (χ0) is 9.90. The summed E-state index contributed by atoms with van der Waals surface area (Å²) < 4.78 is 20.9. The molecule has 1 aromatic heterocycles. The normalized spacial score (nSPS) is 14.6. The summed E-state index contributed by atoms with van der Waals surface area (Å²) in [5.74, 6) is -1.27. The number of pyridine rings is 1. The van der Waals surface area contributed by atoms with E-state index in [9.17, 15) is 4.79 Å². The SMILES string of the molecule is [2H]OC(=O)C([2H])([2H])c1ccccn1. The van der Waals surface area contributed by atoms with Crippen molar-refractivity contribution in [2.24, 2.45) is 0 Å². The summed E-state index contributed by atoms with van der Waals surface area (Å²) in [6.45, 7) is 0. The van der Waals surface area contributed by atoms with E-state index in [1.165, 1.54) is 12.3 Å². The smallest absolute Gasteiger partial charge is 0.309 e. The molecule has 0 aliphatic heterocycles. The van der Waals surface area contributed by atoms with Gasteiger partial charge >= 0.3 is 5.97 Å². The molecule has 0 saturated heterocycles. The zero-order valence-corrected chi connectivity index (χ0v) is 5.07. The molecule has 1 heterocycles. The van der Waals surface area contributed by atoms with E-state index in [1.807, 2.05) is 0 Å². The van der Waals surface area contributed by atoms with Gasteiger partial charge in [-0.3, -0.25) is 9.78 Å². The van der Waals surface area contributed by atoms with Crippen molar-refractivity contribution in [3.8, 4) is 0 Å². The number of aromatic nitrogens is 1. The molecule has 0 saturated carbocycles. The molecule has 0 fully saturated rings. The van der Waals surface area contributed by atoms with Crippen molar-refractivity contribution >= 4 is 5.97 Å². The van der Waals surface area contributed by atoms with Crippen LogP contribution >= 0.6 is 0 Å². The number of carbonyl (C=O) groups is 1. The standard InChI is InChI=1S/C7H7NO2/c9-7(10)5-6-3-1-2-4-8-6/h1-4H,5H2,(H,9,10)/i5D2/hD. The highest BCUT2D eigenvalue weighted by atomic mass is 16.4. The lowest BCUT2D eigenvalue weighted by molar-refractivity contribution is -0.136. The minimum Gasteiger partial charge on any atom is -0.481 e. The maximum atomic E-state index is 10.8. The summed E-state index contributed by atoms with van der Waals surface area (Å²) in [5.41, 5.74) is -0.0627. The van der Waals surface area contributed by atoms with Crippen LogP contribution in [-0.4, -0.2) is 16.1 Å². The van der Waals surface area contributed by atoms with Gasteiger partial charge in [-0.25, -0.2) is 0 Å². The topological polar surface area (TPSA) is 50.2 Å². The van der Waals surface area contributed by atoms with Crippen LogP contribution in [0.1, 0.15) is 8.44 Å². The van der Waals surface area contributed by atoms with Crippen molar-refractivity contribution < 1.29 is 12.6 Å². The Morgan fingerprint density at radius 2 is 2.80 bits per heavy atom. The highest BCUT2D eigenvalue weighted by molar-refractivity contribution is 5.69. The summed E-state index contributed by atoms with van der Waals surface area (Å²) in [7, 11) is 0. The van der Waals surface area contributed by atoms with Crippen LogP contribution in [0.3, 0.4) is 0 Å². The van der Waals surface area contributed by atoms with Crippen molar-refractivity contribution in [1.82, 2.24) is 4.98 Å². The molecule has 1 rings (SSSR count). The van der Waals surface area contributed by atoms with E-state index in [1.54, 1.807) is 12.1 Å². The van der Waals surface area contributed by atoms with Gasteiger partial charge in [-0.1, -0.05) is 6.07 Å². The Kier molecular flexibility index (Phi) is 1.10. The fraction of sp³-hybridized carbons (Fsp3) is 0.143. The molecule has 0 spiro atoms. The second kappa shape index (κ2) is 2.96. The van der Waals surface area contributed by atoms with Crippen molar-refractivity contribution in [3.05, 3.63) is 30.1 Å². The lowest BCUT2D eigenvalue weighted by atomic mass is 10.3. The van der Waals surface area contributed by atoms with E-state index in [0.29, 0.717) is 0 Å². The van der Waals surface area contributed by atoms with Gasteiger partial charge in [0.15, 0.2) is 0 Å². The minimum absolute atomic E-state index is 0.0627. The summed E-state index contributed by atoms with van der Waals surface area (Å²) in [6, 6.07) is 4.51. The quantitative estimate of drug-likeness (QED) is 0.658. The van der Waals surface area contributed by atoms with Crippen molar-refractivity contribution in [1.29, 1.82) is 1.43 Å². The maximum Gasteiger partial charge on any atom is 0.309 e. The van der Waals surface area contributed by atoms with Gasteiger partial charge in [0.05, 0.1) is 12.1 Å². The molecule has 3 nitrogen and oxygen atoms in total. The van der Waals surface area contributed by atoms with Crippen molar-refractivity contribution in [3.63, 3.8) is 0 Å². The Bertz CT molecular complexity index is 302. The van der Waals surface area contributed by atoms with E-state index in [4.69, 9.17) is 4.17 Å². The summed E-state index contributed by atoms with van der Waals surface area (Å²) in [6.07, 6.45) is -0.993. The first-order valence-corrected chi connectivity index (χ1v) is 2.68. The maximum absolute atomic E-state index is 10.8. The average Bonchev–Trinajstić information content (AvgIpc) is 2.18. The summed E-state index contributed by atoms with van der Waals surface area (Å²) >= 11 is 0. The van der Waals surface area contributed by atoms with E-state index < -0.39 is 12.3 Å². The lowest BCUT2D eigenvalue weighted by Crippen LogP contribution is -2.01. The van der Waals surface area contributed by atoms with Gasteiger partial charge in [-0.05, 0) is 12.1 Å². The second-order valence-electron chi connectivity index (χ2n) is 1.63. The van der Waals surface area contributed by atoms with Gasteiger partial charge in [0.1, 0.15) is 0 Å². The fourth-order valence-electron chi connectivity index (χ4n) is 0.541. The number of hydrogen-bond donors (Lipinski definition) is 1. The van der Waals surface area contributed by atoms with Crippen LogP contribution in [0, 0.1) is 0 Å². The molecular formula is C7H7NO2. The number of carboxylic acid groups (broad SMARTS) is 1. The molecule has 52 valence electrons. The van der Waals surface area contributed by atoms with Gasteiger partial charge < -0.3 is 5.11 Å². The zero-order valence-electron chi connectivity index (χ0n) is 8.07. The molecular weight excluding hydrogens is 130 g/mol. The van der Waals surface area contributed by atoms with Crippen molar-refractivity contribution in [2.75, 3.05) is 0 Å². The van der Waals surface area contributed by atoms with Gasteiger partial charge in [0.25, 0.3) is 1.43 Å². The summed E-state index contributed by atoms with van der Waals surface area (Å²) in [5, 5.41) is 3.57. The molecule has 0 radical (unpaired) electrons. The predicted octanol–water partition coefficient (Wildman–Crippen LogP) is 0.709. The Balaban J connectivity index is 3.00. The number of nitrogens with zero attached hydrogens (tertiary/aromatic N) is 1. The van der Waals surface area contributed by atoms with Crippen LogP contribution in [-0.2, 0) is 11.2 Å². The van der Waals surface area contributed by atoms with E-state index in [0.717, 1.165) is 0 Å². The third-order valence-electron chi connectivity index (χ3n) is 0.895. The van der Waals surface area contributed by atoms with Crippen LogP contribution in [0.2, 0.25) is 0 Å². The number of hydrogen-bond acceptors (Lipinski definition) is 3. The summed E-state index contributed by atoms with van der Waals surface area (Å²) in [4.78, 5) is 14.5. The molecule has 0 aromatic carbocycles. The lowest BCUT2D eigenvalue weighted by Gasteiger charge is -1.91. The van der Waals surface area contributed by atoms with Gasteiger partial charge in [-0.15, -0.1) is 0 Å². The van der Waals surface area contributed by atoms with E-state index in [-0.39, 0.29) is 5.69 Å². The van der Waals surface area contributed by atoms with Crippen LogP contribution in [0.25, 0.3) is 1.43 Å². The van der Waals surface area contributed by atoms with Gasteiger partial charge in [0, 0.05) is 8.94 Å². The van der Waals surface area contributed by atoms with Crippen LogP contribution in [0.4, 0.5) is 0 Å². The first kappa shape index (κ1) is 3.71. The number of rotatable bonds is 2. The fourth-order valence-corrected chi connectivity index (χ4v) is 0.541. The van der Waals surface area contributed by atoms with Crippen LogP contribution < -0.4 is 0 Å². The predicted molar refractivity (Wildman–Crippen MR) is 35.6 cm³/mol. The monoisotopic (exact) mass is 140 g/mol. The molecule has 0 amide bonds.